The van der Waals surface area contributed by atoms with Gasteiger partial charge in [-0.15, -0.1) is 0 Å². The smallest absolute Gasteiger partial charge is 0.395 e. The Bertz CT molecular complexity index is 1490. The summed E-state index contributed by atoms with van der Waals surface area (Å²) in [6.07, 6.45) is -3.94. The molecule has 0 saturated carbocycles. The molecule has 1 N–H and O–H groups in total. The van der Waals surface area contributed by atoms with Crippen LogP contribution in [0.5, 0.6) is 0 Å². The van der Waals surface area contributed by atoms with E-state index >= 15 is 0 Å². The van der Waals surface area contributed by atoms with Gasteiger partial charge in [-0.3, -0.25) is 4.90 Å². The first kappa shape index (κ1) is 28.7. The van der Waals surface area contributed by atoms with Gasteiger partial charge in [-0.05, 0) is 79.3 Å². The Kier molecular flexibility index (Phi) is 7.82. The SMILES string of the molecule is Cc1cccc(-c2ccc([C@H]3C4CN(S(=O)(=O)c5ccc(F)cc5C(F)(F)F)CCCCN4[C@@H]3CO)cc2)c1C. The van der Waals surface area contributed by atoms with Crippen LogP contribution in [0.4, 0.5) is 17.6 Å². The van der Waals surface area contributed by atoms with E-state index in [1.54, 1.807) is 0 Å². The van der Waals surface area contributed by atoms with E-state index in [1.165, 1.54) is 11.1 Å². The summed E-state index contributed by atoms with van der Waals surface area (Å²) in [5, 5.41) is 10.2. The molecule has 40 heavy (non-hydrogen) atoms. The zero-order valence-electron chi connectivity index (χ0n) is 22.3. The maximum absolute atomic E-state index is 13.7. The van der Waals surface area contributed by atoms with Gasteiger partial charge in [-0.2, -0.15) is 17.5 Å². The summed E-state index contributed by atoms with van der Waals surface area (Å²) in [6.45, 7) is 4.69. The van der Waals surface area contributed by atoms with Gasteiger partial charge < -0.3 is 5.11 Å². The summed E-state index contributed by atoms with van der Waals surface area (Å²) in [6, 6.07) is 15.2. The number of hydrogen-bond acceptors (Lipinski definition) is 4. The van der Waals surface area contributed by atoms with Gasteiger partial charge in [0, 0.05) is 31.1 Å². The summed E-state index contributed by atoms with van der Waals surface area (Å²) in [5.41, 5.74) is 3.94. The van der Waals surface area contributed by atoms with Crippen molar-refractivity contribution in [2.45, 2.75) is 55.8 Å². The second kappa shape index (κ2) is 10.9. The van der Waals surface area contributed by atoms with Gasteiger partial charge in [0.25, 0.3) is 0 Å². The molecule has 2 fully saturated rings. The quantitative estimate of drug-likeness (QED) is 0.394. The summed E-state index contributed by atoms with van der Waals surface area (Å²) in [5.74, 6) is -1.36. The Morgan fingerprint density at radius 3 is 2.35 bits per heavy atom. The minimum Gasteiger partial charge on any atom is -0.395 e. The zero-order valence-corrected chi connectivity index (χ0v) is 23.1. The first-order valence-corrected chi connectivity index (χ1v) is 14.8. The molecule has 3 aromatic carbocycles. The maximum Gasteiger partial charge on any atom is 0.417 e. The number of halogens is 4. The number of alkyl halides is 3. The molecule has 0 amide bonds. The molecule has 3 aromatic rings. The third-order valence-electron chi connectivity index (χ3n) is 8.41. The fourth-order valence-electron chi connectivity index (χ4n) is 6.16. The number of rotatable bonds is 5. The number of aliphatic hydroxyl groups is 1. The third kappa shape index (κ3) is 5.18. The van der Waals surface area contributed by atoms with Crippen LogP contribution in [0.1, 0.15) is 41.0 Å². The monoisotopic (exact) mass is 576 g/mol. The van der Waals surface area contributed by atoms with Crippen LogP contribution in [0.2, 0.25) is 0 Å². The lowest BCUT2D eigenvalue weighted by molar-refractivity contribution is -0.140. The fraction of sp³-hybridized carbons (Fsp3) is 0.400. The number of hydrogen-bond donors (Lipinski definition) is 1. The molecule has 10 heteroatoms. The highest BCUT2D eigenvalue weighted by Crippen LogP contribution is 2.44. The van der Waals surface area contributed by atoms with E-state index in [9.17, 15) is 31.1 Å². The lowest BCUT2D eigenvalue weighted by Gasteiger charge is -2.57. The first-order valence-electron chi connectivity index (χ1n) is 13.3. The van der Waals surface area contributed by atoms with Crippen molar-refractivity contribution in [3.63, 3.8) is 0 Å². The highest BCUT2D eigenvalue weighted by molar-refractivity contribution is 7.89. The second-order valence-electron chi connectivity index (χ2n) is 10.7. The van der Waals surface area contributed by atoms with Crippen molar-refractivity contribution in [2.75, 3.05) is 26.2 Å². The van der Waals surface area contributed by atoms with Crippen molar-refractivity contribution >= 4 is 10.0 Å². The summed E-state index contributed by atoms with van der Waals surface area (Å²) in [7, 11) is -4.58. The number of aryl methyl sites for hydroxylation is 1. The highest BCUT2D eigenvalue weighted by atomic mass is 32.2. The third-order valence-corrected chi connectivity index (χ3v) is 10.3. The second-order valence-corrected chi connectivity index (χ2v) is 12.6. The van der Waals surface area contributed by atoms with Crippen molar-refractivity contribution in [1.29, 1.82) is 0 Å². The number of fused-ring (bicyclic) bond motifs is 1. The average molecular weight is 577 g/mol. The standard InChI is InChI=1S/C30H32F4N2O3S/c1-19-6-5-7-24(20(19)2)21-8-10-22(11-9-21)29-26-17-35(14-3-4-15-36(26)27(29)18-37)40(38,39)28-13-12-23(31)16-25(28)30(32,33)34/h5-13,16,26-27,29,37H,3-4,14-15,17-18H2,1-2H3/t26?,27-,29+/m1/s1. The Labute approximate surface area is 232 Å². The van der Waals surface area contributed by atoms with Crippen LogP contribution < -0.4 is 0 Å². The minimum absolute atomic E-state index is 0.0308. The Morgan fingerprint density at radius 1 is 0.975 bits per heavy atom. The molecule has 5 rings (SSSR count). The van der Waals surface area contributed by atoms with E-state index in [0.717, 1.165) is 27.1 Å². The van der Waals surface area contributed by atoms with Crippen molar-refractivity contribution in [3.8, 4) is 11.1 Å². The Hall–Kier alpha value is -2.79. The largest absolute Gasteiger partial charge is 0.417 e. The molecule has 0 spiro atoms. The first-order chi connectivity index (χ1) is 18.9. The Morgan fingerprint density at radius 2 is 1.68 bits per heavy atom. The lowest BCUT2D eigenvalue weighted by Crippen LogP contribution is -2.67. The van der Waals surface area contributed by atoms with E-state index in [-0.39, 0.29) is 43.8 Å². The molecular weight excluding hydrogens is 544 g/mol. The van der Waals surface area contributed by atoms with E-state index < -0.39 is 32.5 Å². The van der Waals surface area contributed by atoms with Crippen LogP contribution >= 0.6 is 0 Å². The molecule has 0 aliphatic carbocycles. The molecule has 1 unspecified atom stereocenters. The van der Waals surface area contributed by atoms with Crippen LogP contribution in [-0.4, -0.2) is 61.1 Å². The maximum atomic E-state index is 13.7. The Balaban J connectivity index is 1.47. The highest BCUT2D eigenvalue weighted by Gasteiger charge is 2.51. The normalized spacial score (nSPS) is 22.7. The average Bonchev–Trinajstić information content (AvgIpc) is 2.89. The summed E-state index contributed by atoms with van der Waals surface area (Å²) in [4.78, 5) is 1.11. The molecular formula is C30H32F4N2O3S. The van der Waals surface area contributed by atoms with Gasteiger partial charge in [-0.1, -0.05) is 42.5 Å². The van der Waals surface area contributed by atoms with Gasteiger partial charge in [0.05, 0.1) is 17.1 Å². The molecule has 0 aromatic heterocycles. The van der Waals surface area contributed by atoms with Crippen LogP contribution in [0.25, 0.3) is 11.1 Å². The minimum atomic E-state index is -5.03. The molecule has 2 aliphatic heterocycles. The van der Waals surface area contributed by atoms with Gasteiger partial charge in [0.15, 0.2) is 0 Å². The number of aliphatic hydroxyl groups excluding tert-OH is 1. The van der Waals surface area contributed by atoms with Gasteiger partial charge in [0.1, 0.15) is 5.82 Å². The van der Waals surface area contributed by atoms with Crippen molar-refractivity contribution in [1.82, 2.24) is 9.21 Å². The predicted molar refractivity (Wildman–Crippen MR) is 145 cm³/mol. The van der Waals surface area contributed by atoms with Crippen LogP contribution in [0, 0.1) is 19.7 Å². The predicted octanol–water partition coefficient (Wildman–Crippen LogP) is 5.74. The van der Waals surface area contributed by atoms with Crippen LogP contribution in [0.3, 0.4) is 0 Å². The van der Waals surface area contributed by atoms with Gasteiger partial charge in [-0.25, -0.2) is 12.8 Å². The number of sulfonamides is 1. The number of nitrogens with zero attached hydrogens (tertiary/aromatic N) is 2. The molecule has 2 saturated heterocycles. The van der Waals surface area contributed by atoms with E-state index in [2.05, 4.69) is 30.9 Å². The molecule has 0 radical (unpaired) electrons. The molecule has 214 valence electrons. The van der Waals surface area contributed by atoms with Crippen molar-refractivity contribution in [3.05, 3.63) is 88.7 Å². The molecule has 2 aliphatic rings. The van der Waals surface area contributed by atoms with Crippen LogP contribution in [-0.2, 0) is 16.2 Å². The fourth-order valence-corrected chi connectivity index (χ4v) is 7.85. The van der Waals surface area contributed by atoms with Crippen molar-refractivity contribution in [2.24, 2.45) is 0 Å². The molecule has 0 bridgehead atoms. The summed E-state index contributed by atoms with van der Waals surface area (Å²) >= 11 is 0. The van der Waals surface area contributed by atoms with Gasteiger partial charge >= 0.3 is 6.18 Å². The summed E-state index contributed by atoms with van der Waals surface area (Å²) < 4.78 is 83.2. The zero-order chi connectivity index (χ0) is 28.8. The number of benzene rings is 3. The van der Waals surface area contributed by atoms with E-state index in [4.69, 9.17) is 0 Å². The molecule has 5 nitrogen and oxygen atoms in total. The lowest BCUT2D eigenvalue weighted by atomic mass is 9.74. The molecule has 3 atom stereocenters. The van der Waals surface area contributed by atoms with E-state index in [0.29, 0.717) is 25.5 Å². The van der Waals surface area contributed by atoms with E-state index in [1.807, 2.05) is 30.3 Å². The van der Waals surface area contributed by atoms with Crippen LogP contribution in [0.15, 0.2) is 65.6 Å². The topological polar surface area (TPSA) is 60.9 Å². The molecule has 2 heterocycles. The van der Waals surface area contributed by atoms with Gasteiger partial charge in [0.2, 0.25) is 10.0 Å². The van der Waals surface area contributed by atoms with Crippen molar-refractivity contribution < 1.29 is 31.1 Å².